The first-order chi connectivity index (χ1) is 11.2. The van der Waals surface area contributed by atoms with Crippen molar-refractivity contribution in [2.24, 2.45) is 5.92 Å². The third-order valence-corrected chi connectivity index (χ3v) is 6.06. The minimum atomic E-state index is 0.411. The molecule has 128 valence electrons. The van der Waals surface area contributed by atoms with Crippen molar-refractivity contribution >= 4 is 23.2 Å². The fourth-order valence-corrected chi connectivity index (χ4v) is 4.33. The van der Waals surface area contributed by atoms with Gasteiger partial charge in [-0.1, -0.05) is 29.3 Å². The van der Waals surface area contributed by atoms with Gasteiger partial charge in [0.15, 0.2) is 0 Å². The van der Waals surface area contributed by atoms with Gasteiger partial charge in [0, 0.05) is 26.2 Å². The highest BCUT2D eigenvalue weighted by atomic mass is 35.5. The standard InChI is InChI=1S/C18H26Cl2N2O/c1-23-15-6-10-22(11-7-15)18(13-4-8-21-9-5-13)14-2-3-16(19)17(20)12-14/h2-3,12-13,15,18,21H,4-11H2,1H3. The average molecular weight is 357 g/mol. The van der Waals surface area contributed by atoms with E-state index in [2.05, 4.69) is 22.3 Å². The van der Waals surface area contributed by atoms with Crippen LogP contribution in [0.1, 0.15) is 37.3 Å². The summed E-state index contributed by atoms with van der Waals surface area (Å²) in [6.07, 6.45) is 5.07. The lowest BCUT2D eigenvalue weighted by Gasteiger charge is -2.42. The molecule has 2 aliphatic heterocycles. The minimum Gasteiger partial charge on any atom is -0.381 e. The number of halogens is 2. The van der Waals surface area contributed by atoms with Crippen molar-refractivity contribution in [3.8, 4) is 0 Å². The summed E-state index contributed by atoms with van der Waals surface area (Å²) in [6, 6.07) is 6.60. The molecule has 2 heterocycles. The summed E-state index contributed by atoms with van der Waals surface area (Å²) in [5.41, 5.74) is 1.31. The summed E-state index contributed by atoms with van der Waals surface area (Å²) in [7, 11) is 1.82. The Hall–Kier alpha value is -0.320. The van der Waals surface area contributed by atoms with E-state index in [1.807, 2.05) is 13.2 Å². The lowest BCUT2D eigenvalue weighted by atomic mass is 9.84. The first kappa shape index (κ1) is 17.5. The van der Waals surface area contributed by atoms with Gasteiger partial charge >= 0.3 is 0 Å². The average Bonchev–Trinajstić information content (AvgIpc) is 2.60. The largest absolute Gasteiger partial charge is 0.381 e. The molecule has 1 atom stereocenters. The third-order valence-electron chi connectivity index (χ3n) is 5.32. The van der Waals surface area contributed by atoms with Crippen LogP contribution in [0.5, 0.6) is 0 Å². The van der Waals surface area contributed by atoms with Crippen LogP contribution in [-0.4, -0.2) is 44.3 Å². The Morgan fingerprint density at radius 1 is 1.09 bits per heavy atom. The predicted octanol–water partition coefficient (Wildman–Crippen LogP) is 4.14. The Labute approximate surface area is 149 Å². The lowest BCUT2D eigenvalue weighted by molar-refractivity contribution is 0.0123. The van der Waals surface area contributed by atoms with Gasteiger partial charge in [-0.2, -0.15) is 0 Å². The van der Waals surface area contributed by atoms with Gasteiger partial charge in [-0.3, -0.25) is 4.90 Å². The van der Waals surface area contributed by atoms with Gasteiger partial charge < -0.3 is 10.1 Å². The molecule has 2 aliphatic rings. The number of nitrogens with zero attached hydrogens (tertiary/aromatic N) is 1. The molecule has 1 unspecified atom stereocenters. The monoisotopic (exact) mass is 356 g/mol. The summed E-state index contributed by atoms with van der Waals surface area (Å²) in [5.74, 6) is 0.674. The van der Waals surface area contributed by atoms with Crippen LogP contribution in [0.3, 0.4) is 0 Å². The molecule has 0 amide bonds. The van der Waals surface area contributed by atoms with Gasteiger partial charge in [0.25, 0.3) is 0 Å². The summed E-state index contributed by atoms with van der Waals surface area (Å²) >= 11 is 12.4. The number of ether oxygens (including phenoxy) is 1. The molecule has 0 aliphatic carbocycles. The second-order valence-corrected chi connectivity index (χ2v) is 7.49. The Bertz CT molecular complexity index is 512. The second kappa shape index (κ2) is 8.17. The van der Waals surface area contributed by atoms with Crippen LogP contribution in [0.15, 0.2) is 18.2 Å². The Morgan fingerprint density at radius 3 is 2.39 bits per heavy atom. The molecule has 2 saturated heterocycles. The van der Waals surface area contributed by atoms with Crippen molar-refractivity contribution in [2.75, 3.05) is 33.3 Å². The molecule has 1 aromatic carbocycles. The lowest BCUT2D eigenvalue weighted by Crippen LogP contribution is -2.44. The molecule has 5 heteroatoms. The number of benzene rings is 1. The van der Waals surface area contributed by atoms with E-state index in [4.69, 9.17) is 27.9 Å². The summed E-state index contributed by atoms with van der Waals surface area (Å²) in [5, 5.41) is 4.77. The molecule has 0 saturated carbocycles. The van der Waals surface area contributed by atoms with E-state index in [9.17, 15) is 0 Å². The van der Waals surface area contributed by atoms with Gasteiger partial charge in [0.1, 0.15) is 0 Å². The number of hydrogen-bond donors (Lipinski definition) is 1. The SMILES string of the molecule is COC1CCN(C(c2ccc(Cl)c(Cl)c2)C2CCNCC2)CC1. The Balaban J connectivity index is 1.82. The highest BCUT2D eigenvalue weighted by Crippen LogP contribution is 2.38. The van der Waals surface area contributed by atoms with Gasteiger partial charge in [-0.05, 0) is 62.4 Å². The van der Waals surface area contributed by atoms with Crippen LogP contribution in [-0.2, 0) is 4.74 Å². The fourth-order valence-electron chi connectivity index (χ4n) is 4.03. The minimum absolute atomic E-state index is 0.411. The topological polar surface area (TPSA) is 24.5 Å². The molecule has 23 heavy (non-hydrogen) atoms. The Morgan fingerprint density at radius 2 is 1.78 bits per heavy atom. The quantitative estimate of drug-likeness (QED) is 0.876. The van der Waals surface area contributed by atoms with Gasteiger partial charge in [-0.25, -0.2) is 0 Å². The summed E-state index contributed by atoms with van der Waals surface area (Å²) < 4.78 is 5.53. The number of likely N-dealkylation sites (tertiary alicyclic amines) is 1. The van der Waals surface area contributed by atoms with Crippen LogP contribution < -0.4 is 5.32 Å². The van der Waals surface area contributed by atoms with Crippen LogP contribution in [0.4, 0.5) is 0 Å². The van der Waals surface area contributed by atoms with Gasteiger partial charge in [0.2, 0.25) is 0 Å². The maximum Gasteiger partial charge on any atom is 0.0595 e. The summed E-state index contributed by atoms with van der Waals surface area (Å²) in [6.45, 7) is 4.40. The molecule has 1 aromatic rings. The normalized spacial score (nSPS) is 23.1. The van der Waals surface area contributed by atoms with E-state index in [-0.39, 0.29) is 0 Å². The van der Waals surface area contributed by atoms with E-state index in [1.165, 1.54) is 18.4 Å². The highest BCUT2D eigenvalue weighted by Gasteiger charge is 2.32. The van der Waals surface area contributed by atoms with E-state index in [1.54, 1.807) is 0 Å². The number of rotatable bonds is 4. The van der Waals surface area contributed by atoms with Crippen molar-refractivity contribution in [2.45, 2.75) is 37.8 Å². The first-order valence-corrected chi connectivity index (χ1v) is 9.37. The summed E-state index contributed by atoms with van der Waals surface area (Å²) in [4.78, 5) is 2.63. The first-order valence-electron chi connectivity index (χ1n) is 8.61. The molecule has 0 bridgehead atoms. The van der Waals surface area contributed by atoms with Crippen molar-refractivity contribution in [3.63, 3.8) is 0 Å². The molecular weight excluding hydrogens is 331 g/mol. The number of hydrogen-bond acceptors (Lipinski definition) is 3. The molecule has 3 nitrogen and oxygen atoms in total. The molecule has 2 fully saturated rings. The molecular formula is C18H26Cl2N2O. The van der Waals surface area contributed by atoms with E-state index < -0.39 is 0 Å². The predicted molar refractivity (Wildman–Crippen MR) is 96.4 cm³/mol. The van der Waals surface area contributed by atoms with Crippen LogP contribution in [0, 0.1) is 5.92 Å². The molecule has 0 spiro atoms. The third kappa shape index (κ3) is 4.21. The van der Waals surface area contributed by atoms with Crippen molar-refractivity contribution in [3.05, 3.63) is 33.8 Å². The maximum absolute atomic E-state index is 6.30. The number of piperidine rings is 2. The molecule has 3 rings (SSSR count). The molecule has 0 radical (unpaired) electrons. The number of methoxy groups -OCH3 is 1. The number of nitrogens with one attached hydrogen (secondary N) is 1. The van der Waals surface area contributed by atoms with E-state index in [0.717, 1.165) is 39.0 Å². The van der Waals surface area contributed by atoms with E-state index in [0.29, 0.717) is 28.1 Å². The van der Waals surface area contributed by atoms with Crippen LogP contribution in [0.2, 0.25) is 10.0 Å². The van der Waals surface area contributed by atoms with E-state index >= 15 is 0 Å². The van der Waals surface area contributed by atoms with Crippen molar-refractivity contribution in [1.29, 1.82) is 0 Å². The highest BCUT2D eigenvalue weighted by molar-refractivity contribution is 6.42. The fraction of sp³-hybridized carbons (Fsp3) is 0.667. The van der Waals surface area contributed by atoms with Gasteiger partial charge in [0.05, 0.1) is 16.1 Å². The second-order valence-electron chi connectivity index (χ2n) is 6.68. The van der Waals surface area contributed by atoms with Crippen LogP contribution >= 0.6 is 23.2 Å². The zero-order valence-corrected chi connectivity index (χ0v) is 15.2. The van der Waals surface area contributed by atoms with Crippen LogP contribution in [0.25, 0.3) is 0 Å². The zero-order chi connectivity index (χ0) is 16.2. The van der Waals surface area contributed by atoms with Gasteiger partial charge in [-0.15, -0.1) is 0 Å². The molecule has 1 N–H and O–H groups in total. The molecule has 0 aromatic heterocycles. The maximum atomic E-state index is 6.30. The zero-order valence-electron chi connectivity index (χ0n) is 13.7. The smallest absolute Gasteiger partial charge is 0.0595 e. The van der Waals surface area contributed by atoms with Crippen molar-refractivity contribution < 1.29 is 4.74 Å². The van der Waals surface area contributed by atoms with Crippen molar-refractivity contribution in [1.82, 2.24) is 10.2 Å². The Kier molecular flexibility index (Phi) is 6.22.